The monoisotopic (exact) mass is 357 g/mol. The van der Waals surface area contributed by atoms with Crippen LogP contribution in [0.3, 0.4) is 0 Å². The van der Waals surface area contributed by atoms with E-state index in [4.69, 9.17) is 4.74 Å². The van der Waals surface area contributed by atoms with Gasteiger partial charge in [-0.05, 0) is 23.3 Å². The van der Waals surface area contributed by atoms with Crippen molar-refractivity contribution in [1.82, 2.24) is 9.44 Å². The summed E-state index contributed by atoms with van der Waals surface area (Å²) in [5, 5.41) is 0. The minimum Gasteiger partial charge on any atom is -0.497 e. The first-order valence-electron chi connectivity index (χ1n) is 7.76. The molecule has 0 aliphatic carbocycles. The molecule has 130 valence electrons. The maximum atomic E-state index is 12.0. The molecule has 0 fully saturated rings. The van der Waals surface area contributed by atoms with Gasteiger partial charge in [0.05, 0.1) is 13.7 Å². The Hall–Kier alpha value is -2.80. The molecular formula is C18H19N3O3S. The second-order valence-electron chi connectivity index (χ2n) is 5.59. The van der Waals surface area contributed by atoms with Crippen molar-refractivity contribution in [3.63, 3.8) is 0 Å². The summed E-state index contributed by atoms with van der Waals surface area (Å²) in [4.78, 5) is 4.37. The second-order valence-corrected chi connectivity index (χ2v) is 7.00. The summed E-state index contributed by atoms with van der Waals surface area (Å²) in [5.41, 5.74) is 2.57. The summed E-state index contributed by atoms with van der Waals surface area (Å²) in [7, 11) is -2.03. The van der Waals surface area contributed by atoms with E-state index in [9.17, 15) is 8.42 Å². The standard InChI is InChI=1S/C18H19N3O3S/c1-24-17-9-7-15(8-10-17)13-19-18-12-16(20-25(22,23)21-18)11-14-5-3-2-4-6-14/h2-10,12,20H,11,13H2,1H3,(H,19,21). The Kier molecular flexibility index (Phi) is 5.04. The molecule has 0 bridgehead atoms. The Balaban J connectivity index is 1.77. The first kappa shape index (κ1) is 17.0. The second kappa shape index (κ2) is 7.40. The van der Waals surface area contributed by atoms with Gasteiger partial charge in [0.15, 0.2) is 0 Å². The number of rotatable bonds is 5. The molecule has 7 heteroatoms. The molecule has 0 radical (unpaired) electrons. The van der Waals surface area contributed by atoms with Gasteiger partial charge in [0.2, 0.25) is 0 Å². The van der Waals surface area contributed by atoms with Gasteiger partial charge in [-0.3, -0.25) is 14.4 Å². The van der Waals surface area contributed by atoms with Crippen molar-refractivity contribution in [3.05, 3.63) is 77.5 Å². The van der Waals surface area contributed by atoms with E-state index in [2.05, 4.69) is 14.4 Å². The summed E-state index contributed by atoms with van der Waals surface area (Å²) in [6.07, 6.45) is 2.21. The summed E-state index contributed by atoms with van der Waals surface area (Å²) in [5.74, 6) is 1.09. The van der Waals surface area contributed by atoms with Crippen LogP contribution in [0.4, 0.5) is 0 Å². The molecule has 2 aromatic carbocycles. The van der Waals surface area contributed by atoms with Crippen LogP contribution in [0, 0.1) is 0 Å². The van der Waals surface area contributed by atoms with E-state index < -0.39 is 10.2 Å². The van der Waals surface area contributed by atoms with Gasteiger partial charge in [0, 0.05) is 18.2 Å². The minimum absolute atomic E-state index is 0.320. The predicted octanol–water partition coefficient (Wildman–Crippen LogP) is 2.16. The van der Waals surface area contributed by atoms with Crippen molar-refractivity contribution in [2.45, 2.75) is 13.0 Å². The van der Waals surface area contributed by atoms with Crippen LogP contribution in [0.2, 0.25) is 0 Å². The Morgan fingerprint density at radius 2 is 1.68 bits per heavy atom. The number of benzene rings is 2. The fourth-order valence-electron chi connectivity index (χ4n) is 2.45. The van der Waals surface area contributed by atoms with Crippen molar-refractivity contribution < 1.29 is 13.2 Å². The zero-order valence-corrected chi connectivity index (χ0v) is 14.6. The zero-order chi connectivity index (χ0) is 17.7. The number of hydrogen-bond donors (Lipinski definition) is 2. The Bertz CT molecular complexity index is 889. The first-order chi connectivity index (χ1) is 12.0. The molecule has 1 aliphatic rings. The van der Waals surface area contributed by atoms with Crippen molar-refractivity contribution in [2.75, 3.05) is 7.11 Å². The number of methoxy groups -OCH3 is 1. The van der Waals surface area contributed by atoms with Gasteiger partial charge in [-0.15, -0.1) is 0 Å². The van der Waals surface area contributed by atoms with Crippen molar-refractivity contribution in [3.8, 4) is 5.75 Å². The third-order valence-electron chi connectivity index (χ3n) is 3.64. The average Bonchev–Trinajstić information content (AvgIpc) is 2.60. The van der Waals surface area contributed by atoms with Crippen LogP contribution in [-0.2, 0) is 23.2 Å². The number of hydrogen-bond acceptors (Lipinski definition) is 4. The van der Waals surface area contributed by atoms with E-state index in [-0.39, 0.29) is 0 Å². The molecule has 0 amide bonds. The van der Waals surface area contributed by atoms with Crippen LogP contribution >= 0.6 is 0 Å². The van der Waals surface area contributed by atoms with Gasteiger partial charge in [-0.25, -0.2) is 0 Å². The highest BCUT2D eigenvalue weighted by Crippen LogP contribution is 2.13. The van der Waals surface area contributed by atoms with Crippen LogP contribution in [0.5, 0.6) is 5.75 Å². The number of aliphatic imine (C=N–C) groups is 1. The molecule has 2 N–H and O–H groups in total. The van der Waals surface area contributed by atoms with E-state index in [0.717, 1.165) is 16.9 Å². The fraction of sp³-hybridized carbons (Fsp3) is 0.167. The molecule has 0 saturated carbocycles. The van der Waals surface area contributed by atoms with Gasteiger partial charge in [0.1, 0.15) is 11.6 Å². The summed E-state index contributed by atoms with van der Waals surface area (Å²) in [6.45, 7) is 0.372. The Morgan fingerprint density at radius 3 is 2.36 bits per heavy atom. The van der Waals surface area contributed by atoms with Gasteiger partial charge in [-0.1, -0.05) is 42.5 Å². The van der Waals surface area contributed by atoms with E-state index in [1.54, 1.807) is 13.2 Å². The Morgan fingerprint density at radius 1 is 0.960 bits per heavy atom. The maximum Gasteiger partial charge on any atom is 0.322 e. The highest BCUT2D eigenvalue weighted by molar-refractivity contribution is 7.88. The van der Waals surface area contributed by atoms with Crippen LogP contribution < -0.4 is 14.2 Å². The number of nitrogens with one attached hydrogen (secondary N) is 2. The van der Waals surface area contributed by atoms with E-state index in [0.29, 0.717) is 24.5 Å². The molecule has 1 heterocycles. The largest absolute Gasteiger partial charge is 0.497 e. The van der Waals surface area contributed by atoms with Crippen LogP contribution in [-0.4, -0.2) is 21.4 Å². The number of ether oxygens (including phenoxy) is 1. The molecule has 3 rings (SSSR count). The smallest absolute Gasteiger partial charge is 0.322 e. The number of amidine groups is 1. The lowest BCUT2D eigenvalue weighted by atomic mass is 10.1. The molecule has 0 spiro atoms. The molecule has 0 saturated heterocycles. The Labute approximate surface area is 147 Å². The molecule has 25 heavy (non-hydrogen) atoms. The molecule has 0 aromatic heterocycles. The van der Waals surface area contributed by atoms with Crippen LogP contribution in [0.1, 0.15) is 11.1 Å². The zero-order valence-electron chi connectivity index (χ0n) is 13.8. The lowest BCUT2D eigenvalue weighted by molar-refractivity contribution is 0.414. The van der Waals surface area contributed by atoms with Crippen molar-refractivity contribution >= 4 is 16.0 Å². The third-order valence-corrected chi connectivity index (χ3v) is 4.65. The average molecular weight is 357 g/mol. The van der Waals surface area contributed by atoms with Gasteiger partial charge in [-0.2, -0.15) is 8.42 Å². The van der Waals surface area contributed by atoms with Gasteiger partial charge >= 0.3 is 10.2 Å². The molecule has 2 aromatic rings. The lowest BCUT2D eigenvalue weighted by Gasteiger charge is -2.19. The lowest BCUT2D eigenvalue weighted by Crippen LogP contribution is -2.44. The minimum atomic E-state index is -3.64. The summed E-state index contributed by atoms with van der Waals surface area (Å²) < 4.78 is 34.0. The van der Waals surface area contributed by atoms with Gasteiger partial charge < -0.3 is 4.74 Å². The SMILES string of the molecule is COc1ccc(CN=C2C=C(Cc3ccccc3)NS(=O)(=O)N2)cc1. The van der Waals surface area contributed by atoms with E-state index in [1.807, 2.05) is 54.6 Å². The quantitative estimate of drug-likeness (QED) is 0.861. The van der Waals surface area contributed by atoms with Crippen molar-refractivity contribution in [2.24, 2.45) is 4.99 Å². The normalized spacial score (nSPS) is 17.3. The number of allylic oxidation sites excluding steroid dienone is 1. The summed E-state index contributed by atoms with van der Waals surface area (Å²) >= 11 is 0. The molecule has 1 aliphatic heterocycles. The topological polar surface area (TPSA) is 79.8 Å². The first-order valence-corrected chi connectivity index (χ1v) is 9.25. The maximum absolute atomic E-state index is 12.0. The highest BCUT2D eigenvalue weighted by Gasteiger charge is 2.19. The van der Waals surface area contributed by atoms with E-state index in [1.165, 1.54) is 0 Å². The highest BCUT2D eigenvalue weighted by atomic mass is 32.2. The molecule has 0 unspecified atom stereocenters. The summed E-state index contributed by atoms with van der Waals surface area (Å²) in [6, 6.07) is 17.1. The van der Waals surface area contributed by atoms with Crippen molar-refractivity contribution in [1.29, 1.82) is 0 Å². The van der Waals surface area contributed by atoms with Crippen LogP contribution in [0.15, 0.2) is 71.4 Å². The van der Waals surface area contributed by atoms with Gasteiger partial charge in [0.25, 0.3) is 0 Å². The van der Waals surface area contributed by atoms with Crippen LogP contribution in [0.25, 0.3) is 0 Å². The number of nitrogens with zero attached hydrogens (tertiary/aromatic N) is 1. The molecule has 0 atom stereocenters. The predicted molar refractivity (Wildman–Crippen MR) is 97.6 cm³/mol. The third kappa shape index (κ3) is 4.84. The fourth-order valence-corrected chi connectivity index (χ4v) is 3.37. The van der Waals surface area contributed by atoms with E-state index >= 15 is 0 Å². The molecular weight excluding hydrogens is 338 g/mol. The molecule has 6 nitrogen and oxygen atoms in total.